The molecule has 0 aliphatic carbocycles. The van der Waals surface area contributed by atoms with E-state index >= 15 is 0 Å². The van der Waals surface area contributed by atoms with Gasteiger partial charge < -0.3 is 5.32 Å². The summed E-state index contributed by atoms with van der Waals surface area (Å²) in [5.74, 6) is -0.221. The van der Waals surface area contributed by atoms with E-state index in [1.807, 2.05) is 19.9 Å². The molecule has 0 spiro atoms. The smallest absolute Gasteiger partial charge is 0.227 e. The fraction of sp³-hybridized carbons (Fsp3) is 0.500. The van der Waals surface area contributed by atoms with Crippen LogP contribution in [0.25, 0.3) is 0 Å². The molecule has 0 saturated carbocycles. The molecule has 1 heterocycles. The molecule has 1 amide bonds. The number of anilines is 1. The third-order valence-corrected chi connectivity index (χ3v) is 5.62. The fourth-order valence-corrected chi connectivity index (χ4v) is 4.31. The number of amides is 1. The predicted molar refractivity (Wildman–Crippen MR) is 80.9 cm³/mol. The second-order valence-corrected chi connectivity index (χ2v) is 8.06. The quantitative estimate of drug-likeness (QED) is 0.912. The molecule has 1 aromatic rings. The number of hydrogen-bond acceptors (Lipinski definition) is 3. The summed E-state index contributed by atoms with van der Waals surface area (Å²) in [5.41, 5.74) is 2.57. The van der Waals surface area contributed by atoms with Gasteiger partial charge in [0, 0.05) is 5.92 Å². The Morgan fingerprint density at radius 2 is 1.85 bits per heavy atom. The van der Waals surface area contributed by atoms with Crippen LogP contribution in [-0.4, -0.2) is 25.8 Å². The molecule has 0 atom stereocenters. The SMILES string of the molecule is Cc1cc(C)c(NC(=O)C2CCS(=O)(=O)CC2)c(Cl)c1. The van der Waals surface area contributed by atoms with E-state index in [0.717, 1.165) is 11.1 Å². The summed E-state index contributed by atoms with van der Waals surface area (Å²) in [5, 5.41) is 3.35. The van der Waals surface area contributed by atoms with Crippen LogP contribution in [0.1, 0.15) is 24.0 Å². The van der Waals surface area contributed by atoms with Crippen molar-refractivity contribution >= 4 is 33.0 Å². The molecule has 1 aromatic carbocycles. The third-order valence-electron chi connectivity index (χ3n) is 3.61. The third kappa shape index (κ3) is 3.52. The number of carbonyl (C=O) groups is 1. The second-order valence-electron chi connectivity index (χ2n) is 5.35. The second kappa shape index (κ2) is 5.74. The van der Waals surface area contributed by atoms with Gasteiger partial charge >= 0.3 is 0 Å². The maximum Gasteiger partial charge on any atom is 0.227 e. The van der Waals surface area contributed by atoms with Crippen molar-refractivity contribution in [3.8, 4) is 0 Å². The topological polar surface area (TPSA) is 63.2 Å². The van der Waals surface area contributed by atoms with E-state index < -0.39 is 9.84 Å². The largest absolute Gasteiger partial charge is 0.324 e. The molecule has 0 radical (unpaired) electrons. The Balaban J connectivity index is 2.09. The van der Waals surface area contributed by atoms with Crippen LogP contribution in [0, 0.1) is 19.8 Å². The fourth-order valence-electron chi connectivity index (χ4n) is 2.45. The highest BCUT2D eigenvalue weighted by Gasteiger charge is 2.28. The molecule has 1 N–H and O–H groups in total. The summed E-state index contributed by atoms with van der Waals surface area (Å²) in [6.07, 6.45) is 0.771. The molecule has 1 saturated heterocycles. The molecule has 1 fully saturated rings. The van der Waals surface area contributed by atoms with Crippen LogP contribution in [0.5, 0.6) is 0 Å². The number of rotatable bonds is 2. The molecular formula is C14H18ClNO3S. The van der Waals surface area contributed by atoms with Crippen LogP contribution in [0.2, 0.25) is 5.02 Å². The lowest BCUT2D eigenvalue weighted by atomic mass is 10.0. The molecule has 1 aliphatic rings. The van der Waals surface area contributed by atoms with Gasteiger partial charge in [0.25, 0.3) is 0 Å². The molecule has 6 heteroatoms. The van der Waals surface area contributed by atoms with Crippen LogP contribution in [-0.2, 0) is 14.6 Å². The average molecular weight is 316 g/mol. The van der Waals surface area contributed by atoms with Crippen LogP contribution in [0.3, 0.4) is 0 Å². The van der Waals surface area contributed by atoms with Crippen molar-refractivity contribution in [3.63, 3.8) is 0 Å². The maximum atomic E-state index is 12.2. The first-order valence-electron chi connectivity index (χ1n) is 6.56. The molecule has 0 bridgehead atoms. The number of carbonyl (C=O) groups excluding carboxylic acids is 1. The monoisotopic (exact) mass is 315 g/mol. The van der Waals surface area contributed by atoms with Gasteiger partial charge in [-0.15, -0.1) is 0 Å². The zero-order chi connectivity index (χ0) is 14.9. The number of nitrogens with one attached hydrogen (secondary N) is 1. The summed E-state index contributed by atoms with van der Waals surface area (Å²) in [6, 6.07) is 3.75. The van der Waals surface area contributed by atoms with Crippen molar-refractivity contribution in [2.75, 3.05) is 16.8 Å². The van der Waals surface area contributed by atoms with Gasteiger partial charge in [-0.3, -0.25) is 4.79 Å². The van der Waals surface area contributed by atoms with Crippen molar-refractivity contribution in [1.29, 1.82) is 0 Å². The molecule has 0 unspecified atom stereocenters. The van der Waals surface area contributed by atoms with Crippen LogP contribution in [0.4, 0.5) is 5.69 Å². The van der Waals surface area contributed by atoms with Gasteiger partial charge in [-0.05, 0) is 43.9 Å². The Kier molecular flexibility index (Phi) is 4.39. The van der Waals surface area contributed by atoms with Gasteiger partial charge in [0.1, 0.15) is 9.84 Å². The minimum absolute atomic E-state index is 0.0890. The van der Waals surface area contributed by atoms with E-state index in [-0.39, 0.29) is 23.3 Å². The highest BCUT2D eigenvalue weighted by atomic mass is 35.5. The number of sulfone groups is 1. The first-order valence-corrected chi connectivity index (χ1v) is 8.76. The van der Waals surface area contributed by atoms with E-state index in [1.165, 1.54) is 0 Å². The maximum absolute atomic E-state index is 12.2. The lowest BCUT2D eigenvalue weighted by molar-refractivity contribution is -0.120. The summed E-state index contributed by atoms with van der Waals surface area (Å²) in [7, 11) is -2.95. The Morgan fingerprint density at radius 1 is 1.25 bits per heavy atom. The highest BCUT2D eigenvalue weighted by Crippen LogP contribution is 2.29. The Labute approximate surface area is 124 Å². The van der Waals surface area contributed by atoms with Crippen LogP contribution in [0.15, 0.2) is 12.1 Å². The lowest BCUT2D eigenvalue weighted by Gasteiger charge is -2.22. The van der Waals surface area contributed by atoms with Crippen molar-refractivity contribution in [2.24, 2.45) is 5.92 Å². The van der Waals surface area contributed by atoms with Crippen molar-refractivity contribution < 1.29 is 13.2 Å². The van der Waals surface area contributed by atoms with Gasteiger partial charge in [-0.2, -0.15) is 0 Å². The predicted octanol–water partition coefficient (Wildman–Crippen LogP) is 2.72. The normalized spacial score (nSPS) is 18.8. The molecule has 110 valence electrons. The molecule has 2 rings (SSSR count). The molecule has 0 aromatic heterocycles. The highest BCUT2D eigenvalue weighted by molar-refractivity contribution is 7.91. The minimum Gasteiger partial charge on any atom is -0.324 e. The van der Waals surface area contributed by atoms with E-state index in [2.05, 4.69) is 5.32 Å². The minimum atomic E-state index is -2.95. The Bertz CT molecular complexity index is 603. The van der Waals surface area contributed by atoms with Gasteiger partial charge in [0.2, 0.25) is 5.91 Å². The van der Waals surface area contributed by atoms with Gasteiger partial charge in [-0.25, -0.2) is 8.42 Å². The van der Waals surface area contributed by atoms with Crippen molar-refractivity contribution in [2.45, 2.75) is 26.7 Å². The Morgan fingerprint density at radius 3 is 2.40 bits per heavy atom. The molecule has 1 aliphatic heterocycles. The number of aryl methyl sites for hydroxylation is 2. The summed E-state index contributed by atoms with van der Waals surface area (Å²) >= 11 is 6.15. The average Bonchev–Trinajstić information content (AvgIpc) is 2.33. The summed E-state index contributed by atoms with van der Waals surface area (Å²) in [6.45, 7) is 3.83. The number of benzene rings is 1. The number of halogens is 1. The summed E-state index contributed by atoms with van der Waals surface area (Å²) in [4.78, 5) is 12.2. The summed E-state index contributed by atoms with van der Waals surface area (Å²) < 4.78 is 22.7. The molecular weight excluding hydrogens is 298 g/mol. The van der Waals surface area contributed by atoms with Crippen LogP contribution < -0.4 is 5.32 Å². The molecule has 20 heavy (non-hydrogen) atoms. The van der Waals surface area contributed by atoms with E-state index in [4.69, 9.17) is 11.6 Å². The zero-order valence-electron chi connectivity index (χ0n) is 11.6. The van der Waals surface area contributed by atoms with Crippen molar-refractivity contribution in [3.05, 3.63) is 28.3 Å². The van der Waals surface area contributed by atoms with Crippen molar-refractivity contribution in [1.82, 2.24) is 0 Å². The van der Waals surface area contributed by atoms with Gasteiger partial charge in [-0.1, -0.05) is 17.7 Å². The number of hydrogen-bond donors (Lipinski definition) is 1. The lowest BCUT2D eigenvalue weighted by Crippen LogP contribution is -2.32. The molecule has 4 nitrogen and oxygen atoms in total. The first-order chi connectivity index (χ1) is 9.28. The van der Waals surface area contributed by atoms with Crippen LogP contribution >= 0.6 is 11.6 Å². The van der Waals surface area contributed by atoms with Gasteiger partial charge in [0.05, 0.1) is 22.2 Å². The Hall–Kier alpha value is -1.07. The van der Waals surface area contributed by atoms with E-state index in [0.29, 0.717) is 23.6 Å². The van der Waals surface area contributed by atoms with E-state index in [9.17, 15) is 13.2 Å². The van der Waals surface area contributed by atoms with E-state index in [1.54, 1.807) is 6.07 Å². The first kappa shape index (κ1) is 15.3. The zero-order valence-corrected chi connectivity index (χ0v) is 13.1. The standard InChI is InChI=1S/C14H18ClNO3S/c1-9-7-10(2)13(12(15)8-9)16-14(17)11-3-5-20(18,19)6-4-11/h7-8,11H,3-6H2,1-2H3,(H,16,17). The van der Waals surface area contributed by atoms with Gasteiger partial charge in [0.15, 0.2) is 0 Å².